The molecule has 0 amide bonds. The standard InChI is InChI=1S/C14H14F3N7/c1-8-6-9(14(15,16)17)7-10-11(8)19-12(13-20-21-22-24(10)13)23-4-2-18-3-5-23/h6-7,18H,2-5H2,1H3. The van der Waals surface area contributed by atoms with Gasteiger partial charge in [0.2, 0.25) is 5.65 Å². The second-order valence-electron chi connectivity index (χ2n) is 5.75. The molecule has 24 heavy (non-hydrogen) atoms. The summed E-state index contributed by atoms with van der Waals surface area (Å²) in [6.45, 7) is 4.70. The maximum absolute atomic E-state index is 13.1. The van der Waals surface area contributed by atoms with E-state index in [1.165, 1.54) is 4.52 Å². The summed E-state index contributed by atoms with van der Waals surface area (Å²) in [6.07, 6.45) is -4.43. The van der Waals surface area contributed by atoms with Crippen molar-refractivity contribution < 1.29 is 13.2 Å². The number of alkyl halides is 3. The van der Waals surface area contributed by atoms with Gasteiger partial charge in [-0.25, -0.2) is 4.98 Å². The maximum Gasteiger partial charge on any atom is 0.416 e. The Morgan fingerprint density at radius 1 is 1.17 bits per heavy atom. The first-order chi connectivity index (χ1) is 11.4. The molecule has 0 saturated carbocycles. The molecule has 1 saturated heterocycles. The average molecular weight is 337 g/mol. The first kappa shape index (κ1) is 15.1. The predicted molar refractivity (Wildman–Crippen MR) is 80.9 cm³/mol. The first-order valence-electron chi connectivity index (χ1n) is 7.50. The van der Waals surface area contributed by atoms with Crippen molar-refractivity contribution in [1.29, 1.82) is 0 Å². The van der Waals surface area contributed by atoms with Gasteiger partial charge in [0.15, 0.2) is 5.82 Å². The van der Waals surface area contributed by atoms with Crippen LogP contribution in [0.15, 0.2) is 12.1 Å². The highest BCUT2D eigenvalue weighted by molar-refractivity contribution is 5.85. The highest BCUT2D eigenvalue weighted by Crippen LogP contribution is 2.33. The summed E-state index contributed by atoms with van der Waals surface area (Å²) >= 11 is 0. The number of rotatable bonds is 1. The van der Waals surface area contributed by atoms with E-state index in [2.05, 4.69) is 25.8 Å². The van der Waals surface area contributed by atoms with E-state index in [0.29, 0.717) is 22.5 Å². The van der Waals surface area contributed by atoms with E-state index in [9.17, 15) is 13.2 Å². The summed E-state index contributed by atoms with van der Waals surface area (Å²) in [5.74, 6) is 0.594. The molecule has 0 bridgehead atoms. The van der Waals surface area contributed by atoms with Crippen LogP contribution >= 0.6 is 0 Å². The van der Waals surface area contributed by atoms with E-state index in [1.807, 2.05) is 4.90 Å². The third-order valence-corrected chi connectivity index (χ3v) is 4.14. The quantitative estimate of drug-likeness (QED) is 0.724. The lowest BCUT2D eigenvalue weighted by atomic mass is 10.1. The van der Waals surface area contributed by atoms with Crippen LogP contribution in [0.3, 0.4) is 0 Å². The summed E-state index contributed by atoms with van der Waals surface area (Å²) in [5, 5.41) is 14.7. The van der Waals surface area contributed by atoms with Crippen molar-refractivity contribution in [3.63, 3.8) is 0 Å². The van der Waals surface area contributed by atoms with Gasteiger partial charge in [0.05, 0.1) is 16.6 Å². The molecule has 3 aromatic rings. The van der Waals surface area contributed by atoms with E-state index in [4.69, 9.17) is 0 Å². The largest absolute Gasteiger partial charge is 0.416 e. The molecule has 7 nitrogen and oxygen atoms in total. The highest BCUT2D eigenvalue weighted by atomic mass is 19.4. The molecule has 2 aromatic heterocycles. The van der Waals surface area contributed by atoms with Crippen LogP contribution in [0.25, 0.3) is 16.7 Å². The van der Waals surface area contributed by atoms with Crippen LogP contribution in [0.5, 0.6) is 0 Å². The van der Waals surface area contributed by atoms with E-state index >= 15 is 0 Å². The van der Waals surface area contributed by atoms with Gasteiger partial charge in [0.1, 0.15) is 0 Å². The van der Waals surface area contributed by atoms with Gasteiger partial charge in [-0.3, -0.25) is 0 Å². The van der Waals surface area contributed by atoms with Gasteiger partial charge in [0.25, 0.3) is 0 Å². The number of halogens is 3. The van der Waals surface area contributed by atoms with Crippen LogP contribution in [0.1, 0.15) is 11.1 Å². The number of hydrogen-bond donors (Lipinski definition) is 1. The summed E-state index contributed by atoms with van der Waals surface area (Å²) in [4.78, 5) is 6.63. The Morgan fingerprint density at radius 2 is 1.92 bits per heavy atom. The predicted octanol–water partition coefficient (Wildman–Crippen LogP) is 1.41. The normalized spacial score (nSPS) is 16.2. The number of piperazine rings is 1. The molecule has 1 fully saturated rings. The molecule has 1 aromatic carbocycles. The van der Waals surface area contributed by atoms with Gasteiger partial charge in [0, 0.05) is 26.2 Å². The van der Waals surface area contributed by atoms with Crippen molar-refractivity contribution in [2.45, 2.75) is 13.1 Å². The van der Waals surface area contributed by atoms with Crippen molar-refractivity contribution in [2.24, 2.45) is 0 Å². The molecular weight excluding hydrogens is 323 g/mol. The van der Waals surface area contributed by atoms with Crippen LogP contribution in [0.4, 0.5) is 19.0 Å². The molecule has 126 valence electrons. The zero-order valence-electron chi connectivity index (χ0n) is 12.8. The molecule has 1 N–H and O–H groups in total. The Kier molecular flexibility index (Phi) is 3.30. The summed E-state index contributed by atoms with van der Waals surface area (Å²) in [6, 6.07) is 2.15. The Morgan fingerprint density at radius 3 is 2.62 bits per heavy atom. The van der Waals surface area contributed by atoms with Crippen molar-refractivity contribution in [2.75, 3.05) is 31.1 Å². The van der Waals surface area contributed by atoms with Crippen molar-refractivity contribution in [3.05, 3.63) is 23.3 Å². The molecule has 4 rings (SSSR count). The Balaban J connectivity index is 2.00. The molecule has 3 heterocycles. The smallest absolute Gasteiger partial charge is 0.351 e. The Bertz CT molecular complexity index is 912. The number of nitrogens with zero attached hydrogens (tertiary/aromatic N) is 6. The first-order valence-corrected chi connectivity index (χ1v) is 7.50. The minimum Gasteiger partial charge on any atom is -0.351 e. The molecule has 0 aliphatic carbocycles. The van der Waals surface area contributed by atoms with Gasteiger partial charge < -0.3 is 10.2 Å². The second-order valence-corrected chi connectivity index (χ2v) is 5.75. The van der Waals surface area contributed by atoms with Gasteiger partial charge >= 0.3 is 6.18 Å². The van der Waals surface area contributed by atoms with E-state index in [-0.39, 0.29) is 5.52 Å². The monoisotopic (exact) mass is 337 g/mol. The number of aromatic nitrogens is 5. The number of tetrazole rings is 1. The summed E-state index contributed by atoms with van der Waals surface area (Å²) in [7, 11) is 0. The van der Waals surface area contributed by atoms with Crippen LogP contribution in [0, 0.1) is 6.92 Å². The molecule has 0 radical (unpaired) electrons. The number of benzene rings is 1. The lowest BCUT2D eigenvalue weighted by molar-refractivity contribution is -0.137. The number of fused-ring (bicyclic) bond motifs is 3. The van der Waals surface area contributed by atoms with Crippen LogP contribution in [0.2, 0.25) is 0 Å². The lowest BCUT2D eigenvalue weighted by Crippen LogP contribution is -2.44. The molecule has 0 spiro atoms. The maximum atomic E-state index is 13.1. The van der Waals surface area contributed by atoms with Crippen LogP contribution in [-0.2, 0) is 6.18 Å². The van der Waals surface area contributed by atoms with Crippen molar-refractivity contribution in [3.8, 4) is 0 Å². The molecule has 10 heteroatoms. The third kappa shape index (κ3) is 2.33. The van der Waals surface area contributed by atoms with Crippen molar-refractivity contribution >= 4 is 22.5 Å². The SMILES string of the molecule is Cc1cc(C(F)(F)F)cc2c1nc(N1CCNCC1)c1nnnn12. The van der Waals surface area contributed by atoms with Crippen LogP contribution < -0.4 is 10.2 Å². The van der Waals surface area contributed by atoms with E-state index < -0.39 is 11.7 Å². The zero-order valence-corrected chi connectivity index (χ0v) is 12.8. The summed E-state index contributed by atoms with van der Waals surface area (Å²) < 4.78 is 40.6. The van der Waals surface area contributed by atoms with Crippen LogP contribution in [-0.4, -0.2) is 51.2 Å². The zero-order chi connectivity index (χ0) is 16.9. The van der Waals surface area contributed by atoms with Gasteiger partial charge in [-0.15, -0.1) is 5.10 Å². The Labute approximate surface area is 134 Å². The number of hydrogen-bond acceptors (Lipinski definition) is 6. The van der Waals surface area contributed by atoms with E-state index in [0.717, 1.165) is 38.3 Å². The second kappa shape index (κ2) is 5.26. The average Bonchev–Trinajstić information content (AvgIpc) is 3.04. The highest BCUT2D eigenvalue weighted by Gasteiger charge is 2.32. The molecule has 0 unspecified atom stereocenters. The minimum atomic E-state index is -4.43. The van der Waals surface area contributed by atoms with Gasteiger partial charge in [-0.05, 0) is 35.0 Å². The lowest BCUT2D eigenvalue weighted by Gasteiger charge is -2.28. The van der Waals surface area contributed by atoms with E-state index in [1.54, 1.807) is 6.92 Å². The minimum absolute atomic E-state index is 0.251. The number of aryl methyl sites for hydroxylation is 1. The fraction of sp³-hybridized carbons (Fsp3) is 0.429. The van der Waals surface area contributed by atoms with Gasteiger partial charge in [-0.1, -0.05) is 0 Å². The molecule has 1 aliphatic rings. The fourth-order valence-corrected chi connectivity index (χ4v) is 2.96. The Hall–Kier alpha value is -2.49. The topological polar surface area (TPSA) is 71.2 Å². The molecule has 1 aliphatic heterocycles. The molecular formula is C14H14F3N7. The summed E-state index contributed by atoms with van der Waals surface area (Å²) in [5.41, 5.74) is 0.787. The van der Waals surface area contributed by atoms with Gasteiger partial charge in [-0.2, -0.15) is 17.7 Å². The molecule has 0 atom stereocenters. The third-order valence-electron chi connectivity index (χ3n) is 4.14. The number of nitrogens with one attached hydrogen (secondary N) is 1. The fourth-order valence-electron chi connectivity index (χ4n) is 2.96. The van der Waals surface area contributed by atoms with Crippen molar-refractivity contribution in [1.82, 2.24) is 30.3 Å². The number of anilines is 1.